The van der Waals surface area contributed by atoms with Crippen molar-refractivity contribution in [2.24, 2.45) is 5.73 Å². The highest BCUT2D eigenvalue weighted by molar-refractivity contribution is 5.07. The normalized spacial score (nSPS) is 24.4. The Kier molecular flexibility index (Phi) is 3.76. The van der Waals surface area contributed by atoms with Crippen molar-refractivity contribution in [2.75, 3.05) is 20.3 Å². The van der Waals surface area contributed by atoms with Crippen molar-refractivity contribution in [3.63, 3.8) is 0 Å². The Morgan fingerprint density at radius 3 is 2.94 bits per heavy atom. The van der Waals surface area contributed by atoms with E-state index in [4.69, 9.17) is 15.2 Å². The third-order valence-corrected chi connectivity index (χ3v) is 3.22. The zero-order valence-electron chi connectivity index (χ0n) is 10.5. The lowest BCUT2D eigenvalue weighted by molar-refractivity contribution is 0.00525. The quantitative estimate of drug-likeness (QED) is 0.806. The number of nitrogens with two attached hydrogens (primary N) is 1. The van der Waals surface area contributed by atoms with Crippen molar-refractivity contribution in [3.05, 3.63) is 11.6 Å². The average molecular weight is 240 g/mol. The van der Waals surface area contributed by atoms with Crippen molar-refractivity contribution >= 4 is 0 Å². The molecule has 0 saturated carbocycles. The maximum absolute atomic E-state index is 5.80. The lowest BCUT2D eigenvalue weighted by Gasteiger charge is -2.23. The minimum atomic E-state index is -0.325. The molecule has 6 heteroatoms. The Hall–Kier alpha value is -0.980. The standard InChI is InChI=1S/C11H20N4O2/c1-11(4-3-6-17-11)10-14-13-9(8-12)15(10)5-7-16-2/h3-8,12H2,1-2H3. The summed E-state index contributed by atoms with van der Waals surface area (Å²) in [6.07, 6.45) is 2.04. The van der Waals surface area contributed by atoms with Crippen molar-refractivity contribution in [3.8, 4) is 0 Å². The molecule has 1 aliphatic heterocycles. The van der Waals surface area contributed by atoms with Crippen molar-refractivity contribution in [2.45, 2.75) is 38.5 Å². The van der Waals surface area contributed by atoms with Gasteiger partial charge in [-0.3, -0.25) is 0 Å². The molecule has 1 aromatic heterocycles. The van der Waals surface area contributed by atoms with Crippen LogP contribution in [0.2, 0.25) is 0 Å². The Morgan fingerprint density at radius 2 is 2.35 bits per heavy atom. The molecule has 0 aliphatic carbocycles. The van der Waals surface area contributed by atoms with Crippen LogP contribution in [0.1, 0.15) is 31.4 Å². The molecule has 2 N–H and O–H groups in total. The molecule has 0 spiro atoms. The summed E-state index contributed by atoms with van der Waals surface area (Å²) in [6, 6.07) is 0. The van der Waals surface area contributed by atoms with E-state index in [1.54, 1.807) is 7.11 Å². The van der Waals surface area contributed by atoms with Crippen LogP contribution in [0.3, 0.4) is 0 Å². The van der Waals surface area contributed by atoms with Gasteiger partial charge in [-0.05, 0) is 19.8 Å². The Bertz CT molecular complexity index is 372. The van der Waals surface area contributed by atoms with Gasteiger partial charge in [-0.25, -0.2) is 0 Å². The van der Waals surface area contributed by atoms with Crippen LogP contribution in [-0.4, -0.2) is 35.1 Å². The number of hydrogen-bond acceptors (Lipinski definition) is 5. The molecule has 0 amide bonds. The number of ether oxygens (including phenoxy) is 2. The van der Waals surface area contributed by atoms with Crippen LogP contribution in [0, 0.1) is 0 Å². The molecule has 1 aliphatic rings. The molecule has 1 aromatic rings. The molecule has 17 heavy (non-hydrogen) atoms. The van der Waals surface area contributed by atoms with E-state index in [1.807, 2.05) is 4.57 Å². The second-order valence-electron chi connectivity index (χ2n) is 4.47. The smallest absolute Gasteiger partial charge is 0.165 e. The van der Waals surface area contributed by atoms with Gasteiger partial charge in [0.15, 0.2) is 5.82 Å². The topological polar surface area (TPSA) is 75.2 Å². The van der Waals surface area contributed by atoms with Crippen LogP contribution < -0.4 is 5.73 Å². The molecule has 6 nitrogen and oxygen atoms in total. The lowest BCUT2D eigenvalue weighted by Crippen LogP contribution is -2.27. The monoisotopic (exact) mass is 240 g/mol. The summed E-state index contributed by atoms with van der Waals surface area (Å²) in [5.74, 6) is 1.65. The first kappa shape index (κ1) is 12.5. The first-order chi connectivity index (χ1) is 8.21. The van der Waals surface area contributed by atoms with E-state index in [-0.39, 0.29) is 5.60 Å². The summed E-state index contributed by atoms with van der Waals surface area (Å²) in [5, 5.41) is 8.38. The van der Waals surface area contributed by atoms with E-state index in [2.05, 4.69) is 17.1 Å². The second-order valence-corrected chi connectivity index (χ2v) is 4.47. The molecule has 1 saturated heterocycles. The summed E-state index contributed by atoms with van der Waals surface area (Å²) in [7, 11) is 1.68. The van der Waals surface area contributed by atoms with Gasteiger partial charge < -0.3 is 19.8 Å². The van der Waals surface area contributed by atoms with Crippen molar-refractivity contribution < 1.29 is 9.47 Å². The van der Waals surface area contributed by atoms with Crippen LogP contribution in [0.25, 0.3) is 0 Å². The second kappa shape index (κ2) is 5.12. The van der Waals surface area contributed by atoms with Gasteiger partial charge in [0.05, 0.1) is 13.2 Å². The highest BCUT2D eigenvalue weighted by Crippen LogP contribution is 2.34. The predicted octanol–water partition coefficient (Wildman–Crippen LogP) is 0.409. The van der Waals surface area contributed by atoms with Gasteiger partial charge >= 0.3 is 0 Å². The van der Waals surface area contributed by atoms with Crippen molar-refractivity contribution in [1.82, 2.24) is 14.8 Å². The number of hydrogen-bond donors (Lipinski definition) is 1. The van der Waals surface area contributed by atoms with E-state index in [1.165, 1.54) is 0 Å². The van der Waals surface area contributed by atoms with E-state index in [0.717, 1.165) is 31.1 Å². The fourth-order valence-electron chi connectivity index (χ4n) is 2.25. The zero-order valence-corrected chi connectivity index (χ0v) is 10.5. The van der Waals surface area contributed by atoms with Crippen molar-refractivity contribution in [1.29, 1.82) is 0 Å². The molecule has 1 unspecified atom stereocenters. The lowest BCUT2D eigenvalue weighted by atomic mass is 10.0. The van der Waals surface area contributed by atoms with E-state index in [9.17, 15) is 0 Å². The fraction of sp³-hybridized carbons (Fsp3) is 0.818. The Labute approximate surface area is 101 Å². The molecule has 2 heterocycles. The third-order valence-electron chi connectivity index (χ3n) is 3.22. The molecule has 1 fully saturated rings. The summed E-state index contributed by atoms with van der Waals surface area (Å²) in [6.45, 7) is 4.56. The molecular weight excluding hydrogens is 220 g/mol. The molecular formula is C11H20N4O2. The van der Waals surface area contributed by atoms with Crippen LogP contribution in [0.5, 0.6) is 0 Å². The molecule has 2 rings (SSSR count). The Morgan fingerprint density at radius 1 is 1.53 bits per heavy atom. The minimum absolute atomic E-state index is 0.325. The number of rotatable bonds is 5. The fourth-order valence-corrected chi connectivity index (χ4v) is 2.25. The minimum Gasteiger partial charge on any atom is -0.383 e. The van der Waals surface area contributed by atoms with Gasteiger partial charge in [-0.2, -0.15) is 0 Å². The van der Waals surface area contributed by atoms with Gasteiger partial charge in [0.2, 0.25) is 0 Å². The average Bonchev–Trinajstić information content (AvgIpc) is 2.93. The molecule has 96 valence electrons. The van der Waals surface area contributed by atoms with Gasteiger partial charge in [0, 0.05) is 20.3 Å². The zero-order chi connectivity index (χ0) is 12.3. The van der Waals surface area contributed by atoms with E-state index < -0.39 is 0 Å². The molecule has 1 atom stereocenters. The van der Waals surface area contributed by atoms with Crippen LogP contribution in [0.4, 0.5) is 0 Å². The Balaban J connectivity index is 2.29. The summed E-state index contributed by atoms with van der Waals surface area (Å²) in [4.78, 5) is 0. The first-order valence-corrected chi connectivity index (χ1v) is 5.97. The van der Waals surface area contributed by atoms with E-state index >= 15 is 0 Å². The first-order valence-electron chi connectivity index (χ1n) is 5.97. The summed E-state index contributed by atoms with van der Waals surface area (Å²) >= 11 is 0. The molecule has 0 bridgehead atoms. The maximum Gasteiger partial charge on any atom is 0.165 e. The van der Waals surface area contributed by atoms with Crippen LogP contribution >= 0.6 is 0 Å². The van der Waals surface area contributed by atoms with Crippen LogP contribution in [0.15, 0.2) is 0 Å². The van der Waals surface area contributed by atoms with Gasteiger partial charge in [-0.15, -0.1) is 10.2 Å². The van der Waals surface area contributed by atoms with E-state index in [0.29, 0.717) is 19.7 Å². The van der Waals surface area contributed by atoms with Gasteiger partial charge in [0.25, 0.3) is 0 Å². The molecule has 0 aromatic carbocycles. The largest absolute Gasteiger partial charge is 0.383 e. The highest BCUT2D eigenvalue weighted by atomic mass is 16.5. The predicted molar refractivity (Wildman–Crippen MR) is 62.3 cm³/mol. The number of nitrogens with zero attached hydrogens (tertiary/aromatic N) is 3. The summed E-state index contributed by atoms with van der Waals surface area (Å²) < 4.78 is 12.9. The highest BCUT2D eigenvalue weighted by Gasteiger charge is 2.37. The van der Waals surface area contributed by atoms with Gasteiger partial charge in [0.1, 0.15) is 11.4 Å². The SMILES string of the molecule is COCCn1c(CN)nnc1C1(C)CCCO1. The summed E-state index contributed by atoms with van der Waals surface area (Å²) in [5.41, 5.74) is 5.35. The third kappa shape index (κ3) is 2.34. The van der Waals surface area contributed by atoms with Crippen LogP contribution in [-0.2, 0) is 28.2 Å². The maximum atomic E-state index is 5.80. The number of methoxy groups -OCH3 is 1. The molecule has 0 radical (unpaired) electrons. The van der Waals surface area contributed by atoms with Gasteiger partial charge in [-0.1, -0.05) is 0 Å². The number of aromatic nitrogens is 3.